The van der Waals surface area contributed by atoms with E-state index in [4.69, 9.17) is 0 Å². The summed E-state index contributed by atoms with van der Waals surface area (Å²) in [7, 11) is -3.74. The Morgan fingerprint density at radius 3 is 2.47 bits per heavy atom. The third-order valence-corrected chi connectivity index (χ3v) is 6.89. The second-order valence-corrected chi connectivity index (χ2v) is 9.48. The van der Waals surface area contributed by atoms with Gasteiger partial charge in [-0.25, -0.2) is 18.1 Å². The molecule has 0 aliphatic rings. The smallest absolute Gasteiger partial charge is 0.251 e. The van der Waals surface area contributed by atoms with Crippen molar-refractivity contribution in [1.29, 1.82) is 0 Å². The first-order chi connectivity index (χ1) is 14.5. The molecule has 1 amide bonds. The maximum Gasteiger partial charge on any atom is 0.251 e. The van der Waals surface area contributed by atoms with Crippen LogP contribution in [-0.4, -0.2) is 19.3 Å². The number of nitrogens with zero attached hydrogens (tertiary/aromatic N) is 1. The number of thiazole rings is 1. The van der Waals surface area contributed by atoms with Crippen LogP contribution in [0.15, 0.2) is 83.8 Å². The first-order valence-corrected chi connectivity index (χ1v) is 11.6. The van der Waals surface area contributed by atoms with Crippen molar-refractivity contribution in [3.05, 3.63) is 95.0 Å². The van der Waals surface area contributed by atoms with Gasteiger partial charge < -0.3 is 5.32 Å². The minimum absolute atomic E-state index is 0.0473. The zero-order valence-electron chi connectivity index (χ0n) is 15.9. The van der Waals surface area contributed by atoms with Gasteiger partial charge in [-0.1, -0.05) is 48.5 Å². The lowest BCUT2D eigenvalue weighted by atomic mass is 10.2. The summed E-state index contributed by atoms with van der Waals surface area (Å²) in [6, 6.07) is 23.0. The van der Waals surface area contributed by atoms with Gasteiger partial charge in [-0.15, -0.1) is 11.3 Å². The van der Waals surface area contributed by atoms with Crippen LogP contribution < -0.4 is 10.0 Å². The van der Waals surface area contributed by atoms with E-state index in [1.807, 2.05) is 54.6 Å². The molecule has 3 aromatic carbocycles. The van der Waals surface area contributed by atoms with Crippen LogP contribution in [0.3, 0.4) is 0 Å². The molecule has 6 nitrogen and oxygen atoms in total. The van der Waals surface area contributed by atoms with E-state index in [0.717, 1.165) is 20.8 Å². The Morgan fingerprint density at radius 2 is 1.67 bits per heavy atom. The predicted octanol–water partition coefficient (Wildman–Crippen LogP) is 3.70. The highest BCUT2D eigenvalue weighted by molar-refractivity contribution is 7.89. The summed E-state index contributed by atoms with van der Waals surface area (Å²) in [4.78, 5) is 17.1. The Hall–Kier alpha value is -3.07. The molecule has 4 rings (SSSR count). The third-order valence-electron chi connectivity index (χ3n) is 4.45. The maximum atomic E-state index is 12.6. The summed E-state index contributed by atoms with van der Waals surface area (Å²) >= 11 is 1.51. The fourth-order valence-electron chi connectivity index (χ4n) is 2.92. The standard InChI is InChI=1S/C22H19N3O3S2/c26-22(23-15-21-25-19-11-4-5-12-20(19)29-21)17-9-6-10-18(13-17)30(27,28)24-14-16-7-2-1-3-8-16/h1-13,24H,14-15H2,(H,23,26). The first-order valence-electron chi connectivity index (χ1n) is 9.27. The van der Waals surface area contributed by atoms with Crippen LogP contribution in [0.2, 0.25) is 0 Å². The SMILES string of the molecule is O=C(NCc1nc2ccccc2s1)c1cccc(S(=O)(=O)NCc2ccccc2)c1. The van der Waals surface area contributed by atoms with Crippen molar-refractivity contribution in [3.63, 3.8) is 0 Å². The first kappa shape index (κ1) is 20.2. The Bertz CT molecular complexity index is 1250. The monoisotopic (exact) mass is 437 g/mol. The number of hydrogen-bond acceptors (Lipinski definition) is 5. The predicted molar refractivity (Wildman–Crippen MR) is 118 cm³/mol. The highest BCUT2D eigenvalue weighted by Crippen LogP contribution is 2.21. The molecule has 1 heterocycles. The van der Waals surface area contributed by atoms with Gasteiger partial charge in [0, 0.05) is 12.1 Å². The summed E-state index contributed by atoms with van der Waals surface area (Å²) in [5, 5.41) is 3.60. The van der Waals surface area contributed by atoms with E-state index in [0.29, 0.717) is 0 Å². The Kier molecular flexibility index (Phi) is 5.89. The van der Waals surface area contributed by atoms with Gasteiger partial charge in [-0.3, -0.25) is 4.79 Å². The normalized spacial score (nSPS) is 11.5. The molecule has 0 unspecified atom stereocenters. The summed E-state index contributed by atoms with van der Waals surface area (Å²) in [5.41, 5.74) is 2.02. The van der Waals surface area contributed by atoms with Crippen molar-refractivity contribution in [2.75, 3.05) is 0 Å². The molecule has 1 aromatic heterocycles. The largest absolute Gasteiger partial charge is 0.346 e. The third kappa shape index (κ3) is 4.73. The topological polar surface area (TPSA) is 88.2 Å². The van der Waals surface area contributed by atoms with Gasteiger partial charge >= 0.3 is 0 Å². The number of nitrogens with one attached hydrogen (secondary N) is 2. The Balaban J connectivity index is 1.43. The van der Waals surface area contributed by atoms with Gasteiger partial charge in [0.05, 0.1) is 21.7 Å². The molecule has 0 aliphatic heterocycles. The molecule has 0 atom stereocenters. The fourth-order valence-corrected chi connectivity index (χ4v) is 4.89. The number of benzene rings is 3. The van der Waals surface area contributed by atoms with Crippen LogP contribution in [0, 0.1) is 0 Å². The molecular weight excluding hydrogens is 418 g/mol. The van der Waals surface area contributed by atoms with Crippen LogP contribution >= 0.6 is 11.3 Å². The number of carbonyl (C=O) groups excluding carboxylic acids is 1. The summed E-state index contributed by atoms with van der Waals surface area (Å²) in [6.07, 6.45) is 0. The maximum absolute atomic E-state index is 12.6. The summed E-state index contributed by atoms with van der Waals surface area (Å²) in [5.74, 6) is -0.352. The molecule has 152 valence electrons. The number of amides is 1. The van der Waals surface area contributed by atoms with Crippen molar-refractivity contribution < 1.29 is 13.2 Å². The zero-order valence-corrected chi connectivity index (χ0v) is 17.5. The minimum atomic E-state index is -3.74. The fraction of sp³-hybridized carbons (Fsp3) is 0.0909. The lowest BCUT2D eigenvalue weighted by molar-refractivity contribution is 0.0950. The van der Waals surface area contributed by atoms with Crippen molar-refractivity contribution in [2.45, 2.75) is 18.0 Å². The van der Waals surface area contributed by atoms with Gasteiger partial charge in [0.2, 0.25) is 10.0 Å². The molecule has 8 heteroatoms. The number of aromatic nitrogens is 1. The highest BCUT2D eigenvalue weighted by atomic mass is 32.2. The molecule has 0 fully saturated rings. The molecule has 2 N–H and O–H groups in total. The van der Waals surface area contributed by atoms with Crippen LogP contribution in [0.4, 0.5) is 0 Å². The van der Waals surface area contributed by atoms with Gasteiger partial charge in [0.25, 0.3) is 5.91 Å². The molecule has 30 heavy (non-hydrogen) atoms. The Morgan fingerprint density at radius 1 is 0.900 bits per heavy atom. The van der Waals surface area contributed by atoms with E-state index in [1.54, 1.807) is 12.1 Å². The van der Waals surface area contributed by atoms with E-state index >= 15 is 0 Å². The van der Waals surface area contributed by atoms with Crippen LogP contribution in [0.5, 0.6) is 0 Å². The van der Waals surface area contributed by atoms with Crippen molar-refractivity contribution in [2.24, 2.45) is 0 Å². The number of hydrogen-bond donors (Lipinski definition) is 2. The average molecular weight is 438 g/mol. The number of sulfonamides is 1. The van der Waals surface area contributed by atoms with Gasteiger partial charge in [-0.2, -0.15) is 0 Å². The molecule has 0 saturated heterocycles. The molecule has 0 radical (unpaired) electrons. The van der Waals surface area contributed by atoms with E-state index < -0.39 is 10.0 Å². The lowest BCUT2D eigenvalue weighted by Gasteiger charge is -2.09. The van der Waals surface area contributed by atoms with E-state index in [9.17, 15) is 13.2 Å². The second kappa shape index (κ2) is 8.74. The number of carbonyl (C=O) groups is 1. The highest BCUT2D eigenvalue weighted by Gasteiger charge is 2.16. The van der Waals surface area contributed by atoms with Crippen LogP contribution in [-0.2, 0) is 23.1 Å². The van der Waals surface area contributed by atoms with Crippen molar-refractivity contribution in [3.8, 4) is 0 Å². The summed E-state index contributed by atoms with van der Waals surface area (Å²) < 4.78 is 28.8. The quantitative estimate of drug-likeness (QED) is 0.461. The number of para-hydroxylation sites is 1. The van der Waals surface area contributed by atoms with Crippen molar-refractivity contribution in [1.82, 2.24) is 15.0 Å². The van der Waals surface area contributed by atoms with Crippen LogP contribution in [0.1, 0.15) is 20.9 Å². The lowest BCUT2D eigenvalue weighted by Crippen LogP contribution is -2.25. The molecule has 4 aromatic rings. The van der Waals surface area contributed by atoms with E-state index in [-0.39, 0.29) is 29.5 Å². The number of rotatable bonds is 7. The van der Waals surface area contributed by atoms with Gasteiger partial charge in [-0.05, 0) is 35.9 Å². The van der Waals surface area contributed by atoms with Crippen LogP contribution in [0.25, 0.3) is 10.2 Å². The molecule has 0 bridgehead atoms. The number of fused-ring (bicyclic) bond motifs is 1. The minimum Gasteiger partial charge on any atom is -0.346 e. The molecule has 0 spiro atoms. The van der Waals surface area contributed by atoms with E-state index in [1.165, 1.54) is 23.5 Å². The molecule has 0 saturated carbocycles. The van der Waals surface area contributed by atoms with Gasteiger partial charge in [0.1, 0.15) is 5.01 Å². The summed E-state index contributed by atoms with van der Waals surface area (Å²) in [6.45, 7) is 0.457. The molecule has 0 aliphatic carbocycles. The Labute approximate surface area is 178 Å². The van der Waals surface area contributed by atoms with Crippen molar-refractivity contribution >= 4 is 37.5 Å². The average Bonchev–Trinajstić information content (AvgIpc) is 3.20. The zero-order chi connectivity index (χ0) is 21.0. The van der Waals surface area contributed by atoms with Gasteiger partial charge in [0.15, 0.2) is 0 Å². The molecular formula is C22H19N3O3S2. The van der Waals surface area contributed by atoms with E-state index in [2.05, 4.69) is 15.0 Å². The second-order valence-electron chi connectivity index (χ2n) is 6.60.